The summed E-state index contributed by atoms with van der Waals surface area (Å²) in [4.78, 5) is 55.9. The number of carboxylic acids is 1. The van der Waals surface area contributed by atoms with Gasteiger partial charge in [-0.05, 0) is 37.8 Å². The van der Waals surface area contributed by atoms with Gasteiger partial charge >= 0.3 is 5.97 Å². The number of H-pyrrole nitrogens is 1. The molecule has 2 aromatic rings. The summed E-state index contributed by atoms with van der Waals surface area (Å²) in [5, 5.41) is 16.9. The molecule has 9 N–H and O–H groups in total. The normalized spacial score (nSPS) is 13.3. The second-order valence-corrected chi connectivity index (χ2v) is 8.10. The van der Waals surface area contributed by atoms with Gasteiger partial charge in [-0.15, -0.1) is 0 Å². The summed E-state index contributed by atoms with van der Waals surface area (Å²) in [6, 6.07) is 6.17. The summed E-state index contributed by atoms with van der Waals surface area (Å²) in [6.07, 6.45) is 4.63. The SMILES string of the molecule is NCCCCC(NC(=O)C(Cc1cnc[nH]1)NC(=O)CNC(=O)C(N)Cc1ccccc1)C(=O)O. The first-order chi connectivity index (χ1) is 16.8. The Kier molecular flexibility index (Phi) is 11.4. The minimum Gasteiger partial charge on any atom is -0.480 e. The Morgan fingerprint density at radius 3 is 2.37 bits per heavy atom. The van der Waals surface area contributed by atoms with Crippen molar-refractivity contribution in [2.45, 2.75) is 50.2 Å². The van der Waals surface area contributed by atoms with Gasteiger partial charge in [-0.2, -0.15) is 0 Å². The van der Waals surface area contributed by atoms with Gasteiger partial charge in [0, 0.05) is 18.3 Å². The van der Waals surface area contributed by atoms with Crippen molar-refractivity contribution < 1.29 is 24.3 Å². The number of nitrogens with two attached hydrogens (primary N) is 2. The minimum atomic E-state index is -1.18. The van der Waals surface area contributed by atoms with E-state index >= 15 is 0 Å². The fourth-order valence-corrected chi connectivity index (χ4v) is 3.35. The van der Waals surface area contributed by atoms with Crippen LogP contribution in [0, 0.1) is 0 Å². The van der Waals surface area contributed by atoms with E-state index in [1.807, 2.05) is 30.3 Å². The zero-order chi connectivity index (χ0) is 25.6. The van der Waals surface area contributed by atoms with Crippen molar-refractivity contribution >= 4 is 23.7 Å². The van der Waals surface area contributed by atoms with Gasteiger partial charge in [0.15, 0.2) is 0 Å². The average molecular weight is 488 g/mol. The first kappa shape index (κ1) is 27.5. The van der Waals surface area contributed by atoms with Crippen LogP contribution in [0.3, 0.4) is 0 Å². The Morgan fingerprint density at radius 1 is 1.00 bits per heavy atom. The van der Waals surface area contributed by atoms with Gasteiger partial charge < -0.3 is 37.5 Å². The predicted octanol–water partition coefficient (Wildman–Crippen LogP) is -1.18. The molecule has 0 aliphatic heterocycles. The highest BCUT2D eigenvalue weighted by Gasteiger charge is 2.27. The second kappa shape index (κ2) is 14.5. The predicted molar refractivity (Wildman–Crippen MR) is 128 cm³/mol. The van der Waals surface area contributed by atoms with Gasteiger partial charge in [0.05, 0.1) is 18.9 Å². The molecular weight excluding hydrogens is 454 g/mol. The summed E-state index contributed by atoms with van der Waals surface area (Å²) in [7, 11) is 0. The summed E-state index contributed by atoms with van der Waals surface area (Å²) in [5.41, 5.74) is 12.8. The maximum atomic E-state index is 12.8. The fourth-order valence-electron chi connectivity index (χ4n) is 3.35. The molecule has 3 atom stereocenters. The fraction of sp³-hybridized carbons (Fsp3) is 0.435. The van der Waals surface area contributed by atoms with E-state index in [1.165, 1.54) is 12.5 Å². The number of imidazole rings is 1. The molecule has 190 valence electrons. The van der Waals surface area contributed by atoms with Crippen LogP contribution in [0.25, 0.3) is 0 Å². The third-order valence-electron chi connectivity index (χ3n) is 5.25. The Hall–Kier alpha value is -3.77. The lowest BCUT2D eigenvalue weighted by Crippen LogP contribution is -2.54. The van der Waals surface area contributed by atoms with Crippen molar-refractivity contribution in [2.75, 3.05) is 13.1 Å². The molecule has 0 aliphatic rings. The number of amides is 3. The lowest BCUT2D eigenvalue weighted by molar-refractivity contribution is -0.142. The number of hydrogen-bond acceptors (Lipinski definition) is 7. The quantitative estimate of drug-likeness (QED) is 0.152. The highest BCUT2D eigenvalue weighted by atomic mass is 16.4. The summed E-state index contributed by atoms with van der Waals surface area (Å²) < 4.78 is 0. The molecule has 0 radical (unpaired) electrons. The first-order valence-electron chi connectivity index (χ1n) is 11.4. The lowest BCUT2D eigenvalue weighted by atomic mass is 10.1. The summed E-state index contributed by atoms with van der Waals surface area (Å²) in [5.74, 6) is -2.98. The van der Waals surface area contributed by atoms with E-state index in [-0.39, 0.29) is 12.8 Å². The molecule has 12 heteroatoms. The van der Waals surface area contributed by atoms with Gasteiger partial charge in [0.25, 0.3) is 0 Å². The van der Waals surface area contributed by atoms with Gasteiger partial charge in [-0.1, -0.05) is 30.3 Å². The van der Waals surface area contributed by atoms with Crippen LogP contribution < -0.4 is 27.4 Å². The zero-order valence-corrected chi connectivity index (χ0v) is 19.4. The van der Waals surface area contributed by atoms with Crippen molar-refractivity contribution in [1.29, 1.82) is 0 Å². The number of benzene rings is 1. The van der Waals surface area contributed by atoms with Crippen molar-refractivity contribution in [1.82, 2.24) is 25.9 Å². The molecule has 0 fully saturated rings. The number of unbranched alkanes of at least 4 members (excludes halogenated alkanes) is 1. The van der Waals surface area contributed by atoms with Crippen LogP contribution in [0.5, 0.6) is 0 Å². The number of carbonyl (C=O) groups is 4. The van der Waals surface area contributed by atoms with Crippen LogP contribution in [-0.2, 0) is 32.0 Å². The molecule has 0 saturated carbocycles. The number of aliphatic carboxylic acids is 1. The molecular formula is C23H33N7O5. The smallest absolute Gasteiger partial charge is 0.326 e. The van der Waals surface area contributed by atoms with E-state index in [1.54, 1.807) is 0 Å². The van der Waals surface area contributed by atoms with E-state index in [4.69, 9.17) is 11.5 Å². The van der Waals surface area contributed by atoms with Crippen LogP contribution in [0.1, 0.15) is 30.5 Å². The summed E-state index contributed by atoms with van der Waals surface area (Å²) in [6.45, 7) is 0.0203. The van der Waals surface area contributed by atoms with Crippen LogP contribution >= 0.6 is 0 Å². The van der Waals surface area contributed by atoms with Gasteiger partial charge in [0.1, 0.15) is 12.1 Å². The number of carboxylic acid groups (broad SMARTS) is 1. The molecule has 12 nitrogen and oxygen atoms in total. The van der Waals surface area contributed by atoms with Crippen LogP contribution in [0.15, 0.2) is 42.9 Å². The van der Waals surface area contributed by atoms with Gasteiger partial charge in [0.2, 0.25) is 17.7 Å². The lowest BCUT2D eigenvalue weighted by Gasteiger charge is -2.21. The second-order valence-electron chi connectivity index (χ2n) is 8.10. The highest BCUT2D eigenvalue weighted by molar-refractivity contribution is 5.92. The highest BCUT2D eigenvalue weighted by Crippen LogP contribution is 2.05. The van der Waals surface area contributed by atoms with Gasteiger partial charge in [-0.25, -0.2) is 9.78 Å². The molecule has 0 aliphatic carbocycles. The molecule has 0 saturated heterocycles. The topological polar surface area (TPSA) is 205 Å². The number of nitrogens with one attached hydrogen (secondary N) is 4. The van der Waals surface area contributed by atoms with Crippen molar-refractivity contribution in [3.05, 3.63) is 54.1 Å². The van der Waals surface area contributed by atoms with E-state index in [2.05, 4.69) is 25.9 Å². The third kappa shape index (κ3) is 9.94. The van der Waals surface area contributed by atoms with Crippen LogP contribution in [0.2, 0.25) is 0 Å². The minimum absolute atomic E-state index is 0.0498. The van der Waals surface area contributed by atoms with Crippen molar-refractivity contribution in [2.24, 2.45) is 11.5 Å². The number of carbonyl (C=O) groups excluding carboxylic acids is 3. The van der Waals surface area contributed by atoms with E-state index < -0.39 is 48.4 Å². The standard InChI is InChI=1S/C23H33N7O5/c24-9-5-4-8-18(23(34)35)30-22(33)19(11-16-12-26-14-28-16)29-20(31)13-27-21(32)17(25)10-15-6-2-1-3-7-15/h1-3,6-7,12,14,17-19H,4-5,8-11,13,24-25H2,(H,26,28)(H,27,32)(H,29,31)(H,30,33)(H,34,35). The van der Waals surface area contributed by atoms with Crippen LogP contribution in [0.4, 0.5) is 0 Å². The third-order valence-corrected chi connectivity index (χ3v) is 5.25. The molecule has 1 heterocycles. The zero-order valence-electron chi connectivity index (χ0n) is 19.4. The Bertz CT molecular complexity index is 952. The number of aromatic nitrogens is 2. The Labute approximate surface area is 203 Å². The maximum absolute atomic E-state index is 12.8. The largest absolute Gasteiger partial charge is 0.480 e. The molecule has 3 unspecified atom stereocenters. The van der Waals surface area contributed by atoms with Gasteiger partial charge in [-0.3, -0.25) is 14.4 Å². The van der Waals surface area contributed by atoms with Crippen molar-refractivity contribution in [3.63, 3.8) is 0 Å². The van der Waals surface area contributed by atoms with Crippen LogP contribution in [-0.4, -0.2) is 70.0 Å². The van der Waals surface area contributed by atoms with E-state index in [0.717, 1.165) is 5.56 Å². The number of rotatable bonds is 15. The Balaban J connectivity index is 1.94. The molecule has 3 amide bonds. The maximum Gasteiger partial charge on any atom is 0.326 e. The number of hydrogen-bond donors (Lipinski definition) is 7. The molecule has 1 aromatic heterocycles. The molecule has 35 heavy (non-hydrogen) atoms. The van der Waals surface area contributed by atoms with E-state index in [9.17, 15) is 24.3 Å². The first-order valence-corrected chi connectivity index (χ1v) is 11.4. The summed E-state index contributed by atoms with van der Waals surface area (Å²) >= 11 is 0. The van der Waals surface area contributed by atoms with E-state index in [0.29, 0.717) is 31.5 Å². The average Bonchev–Trinajstić information content (AvgIpc) is 3.35. The number of aromatic amines is 1. The molecule has 0 spiro atoms. The Morgan fingerprint density at radius 2 is 1.74 bits per heavy atom. The molecule has 2 rings (SSSR count). The molecule has 0 bridgehead atoms. The molecule has 1 aromatic carbocycles. The van der Waals surface area contributed by atoms with Crippen molar-refractivity contribution in [3.8, 4) is 0 Å². The number of nitrogens with zero attached hydrogens (tertiary/aromatic N) is 1. The monoisotopic (exact) mass is 487 g/mol.